The zero-order valence-electron chi connectivity index (χ0n) is 14.3. The Morgan fingerprint density at radius 2 is 2.00 bits per heavy atom. The summed E-state index contributed by atoms with van der Waals surface area (Å²) in [7, 11) is 0. The van der Waals surface area contributed by atoms with E-state index >= 15 is 0 Å². The van der Waals surface area contributed by atoms with Gasteiger partial charge in [0.05, 0.1) is 5.70 Å². The molecule has 2 saturated carbocycles. The number of hydrogen-bond acceptors (Lipinski definition) is 4. The van der Waals surface area contributed by atoms with Gasteiger partial charge >= 0.3 is 0 Å². The van der Waals surface area contributed by atoms with Gasteiger partial charge in [0, 0.05) is 26.6 Å². The maximum atomic E-state index is 4.94. The van der Waals surface area contributed by atoms with E-state index in [4.69, 9.17) is 4.99 Å². The van der Waals surface area contributed by atoms with Crippen LogP contribution in [0.15, 0.2) is 44.2 Å². The molecule has 0 amide bonds. The van der Waals surface area contributed by atoms with Gasteiger partial charge in [-0.2, -0.15) is 0 Å². The highest BCUT2D eigenvalue weighted by Gasteiger charge is 2.59. The Labute approximate surface area is 156 Å². The average molecular weight is 404 g/mol. The molecule has 2 fully saturated rings. The number of nitrogens with one attached hydrogen (secondary N) is 1. The van der Waals surface area contributed by atoms with Crippen molar-refractivity contribution in [3.05, 3.63) is 39.7 Å². The number of aliphatic imine (C=N–C) groups is 1. The Balaban J connectivity index is 1.52. The fourth-order valence-electron chi connectivity index (χ4n) is 4.30. The van der Waals surface area contributed by atoms with Crippen LogP contribution < -0.4 is 5.43 Å². The van der Waals surface area contributed by atoms with Crippen LogP contribution in [0.3, 0.4) is 0 Å². The van der Waals surface area contributed by atoms with Gasteiger partial charge in [-0.3, -0.25) is 5.43 Å². The molecule has 1 aromatic carbocycles. The lowest BCUT2D eigenvalue weighted by atomic mass is 9.70. The minimum atomic E-state index is 0.233. The second-order valence-electron chi connectivity index (χ2n) is 7.71. The molecule has 126 valence electrons. The highest BCUT2D eigenvalue weighted by atomic mass is 79.9. The Kier molecular flexibility index (Phi) is 3.92. The summed E-state index contributed by atoms with van der Waals surface area (Å²) in [6.07, 6.45) is 3.73. The first-order chi connectivity index (χ1) is 11.4. The van der Waals surface area contributed by atoms with Crippen LogP contribution in [-0.2, 0) is 0 Å². The zero-order valence-corrected chi connectivity index (χ0v) is 16.7. The largest absolute Gasteiger partial charge is 0.275 e. The maximum Gasteiger partial charge on any atom is 0.210 e. The van der Waals surface area contributed by atoms with Crippen LogP contribution in [0.25, 0.3) is 5.70 Å². The van der Waals surface area contributed by atoms with Gasteiger partial charge in [0.15, 0.2) is 0 Å². The molecule has 1 heterocycles. The summed E-state index contributed by atoms with van der Waals surface area (Å²) in [6.45, 7) is 7.21. The third kappa shape index (κ3) is 2.48. The first kappa shape index (κ1) is 16.4. The Morgan fingerprint density at radius 1 is 1.25 bits per heavy atom. The van der Waals surface area contributed by atoms with Crippen LogP contribution in [0, 0.1) is 16.7 Å². The summed E-state index contributed by atoms with van der Waals surface area (Å²) < 4.78 is 1.08. The summed E-state index contributed by atoms with van der Waals surface area (Å²) in [4.78, 5) is 4.94. The van der Waals surface area contributed by atoms with Gasteiger partial charge < -0.3 is 0 Å². The molecule has 24 heavy (non-hydrogen) atoms. The van der Waals surface area contributed by atoms with Crippen LogP contribution in [0.5, 0.6) is 0 Å². The number of hydrazone groups is 1. The molecular formula is C19H22BrN3S. The molecule has 2 aliphatic carbocycles. The van der Waals surface area contributed by atoms with E-state index in [0.717, 1.165) is 33.2 Å². The van der Waals surface area contributed by atoms with Crippen molar-refractivity contribution in [1.29, 1.82) is 0 Å². The number of benzene rings is 1. The smallest absolute Gasteiger partial charge is 0.210 e. The third-order valence-corrected chi connectivity index (χ3v) is 7.73. The van der Waals surface area contributed by atoms with Crippen LogP contribution in [-0.4, -0.2) is 10.9 Å². The van der Waals surface area contributed by atoms with Crippen molar-refractivity contribution in [1.82, 2.24) is 5.43 Å². The predicted octanol–water partition coefficient (Wildman–Crippen LogP) is 5.64. The highest BCUT2D eigenvalue weighted by Crippen LogP contribution is 2.64. The molecule has 0 aromatic heterocycles. The van der Waals surface area contributed by atoms with Crippen LogP contribution >= 0.6 is 27.7 Å². The second kappa shape index (κ2) is 5.73. The van der Waals surface area contributed by atoms with Crippen molar-refractivity contribution in [3.8, 4) is 0 Å². The summed E-state index contributed by atoms with van der Waals surface area (Å²) in [6, 6.07) is 8.24. The van der Waals surface area contributed by atoms with Gasteiger partial charge in [0.2, 0.25) is 5.17 Å². The van der Waals surface area contributed by atoms with E-state index in [1.165, 1.54) is 18.6 Å². The number of thioether (sulfide) groups is 1. The SMILES string of the molecule is CC1(C)[C@@H]2CC[C@]1(C)C(=NC1=NNC(c3ccc(Br)cc3)=CS1)C2. The molecule has 0 radical (unpaired) electrons. The van der Waals surface area contributed by atoms with E-state index in [9.17, 15) is 0 Å². The fraction of sp³-hybridized carbons (Fsp3) is 0.474. The average Bonchev–Trinajstić information content (AvgIpc) is 2.90. The van der Waals surface area contributed by atoms with Crippen LogP contribution in [0.2, 0.25) is 0 Å². The van der Waals surface area contributed by atoms with Crippen LogP contribution in [0.4, 0.5) is 0 Å². The van der Waals surface area contributed by atoms with Crippen molar-refractivity contribution in [2.45, 2.75) is 40.0 Å². The fourth-order valence-corrected chi connectivity index (χ4v) is 5.24. The quantitative estimate of drug-likeness (QED) is 0.658. The van der Waals surface area contributed by atoms with E-state index in [0.29, 0.717) is 5.41 Å². The number of rotatable bonds is 1. The van der Waals surface area contributed by atoms with Gasteiger partial charge in [-0.25, -0.2) is 4.99 Å². The van der Waals surface area contributed by atoms with Crippen molar-refractivity contribution in [2.24, 2.45) is 26.8 Å². The number of halogens is 1. The Bertz CT molecular complexity index is 763. The van der Waals surface area contributed by atoms with Gasteiger partial charge in [0.1, 0.15) is 0 Å². The van der Waals surface area contributed by atoms with E-state index < -0.39 is 0 Å². The first-order valence-electron chi connectivity index (χ1n) is 8.45. The lowest BCUT2D eigenvalue weighted by Crippen LogP contribution is -2.33. The molecule has 1 aliphatic heterocycles. The highest BCUT2D eigenvalue weighted by molar-refractivity contribution is 9.10. The predicted molar refractivity (Wildman–Crippen MR) is 107 cm³/mol. The molecule has 4 rings (SSSR count). The lowest BCUT2D eigenvalue weighted by Gasteiger charge is -2.34. The summed E-state index contributed by atoms with van der Waals surface area (Å²) in [5.41, 5.74) is 7.26. The van der Waals surface area contributed by atoms with Gasteiger partial charge in [-0.1, -0.05) is 60.6 Å². The molecular weight excluding hydrogens is 382 g/mol. The molecule has 3 nitrogen and oxygen atoms in total. The van der Waals surface area contributed by atoms with Crippen molar-refractivity contribution < 1.29 is 0 Å². The van der Waals surface area contributed by atoms with E-state index in [1.807, 2.05) is 12.1 Å². The zero-order chi connectivity index (χ0) is 16.9. The van der Waals surface area contributed by atoms with E-state index in [-0.39, 0.29) is 5.41 Å². The molecule has 0 spiro atoms. The first-order valence-corrected chi connectivity index (χ1v) is 10.1. The molecule has 1 N–H and O–H groups in total. The minimum Gasteiger partial charge on any atom is -0.275 e. The molecule has 0 unspecified atom stereocenters. The Hall–Kier alpha value is -1.07. The standard InChI is InChI=1S/C19H22BrN3S/c1-18(2)13-8-9-19(18,3)16(10-13)21-17-23-22-15(11-24-17)12-4-6-14(20)7-5-12/h4-7,11,13,22H,8-10H2,1-3H3/t13-,19-/m1/s1. The normalized spacial score (nSPS) is 32.5. The molecule has 2 bridgehead atoms. The molecule has 5 heteroatoms. The maximum absolute atomic E-state index is 4.94. The second-order valence-corrected chi connectivity index (χ2v) is 9.47. The topological polar surface area (TPSA) is 36.8 Å². The number of amidine groups is 1. The number of hydrogen-bond donors (Lipinski definition) is 1. The van der Waals surface area contributed by atoms with E-state index in [2.05, 4.69) is 64.8 Å². The monoisotopic (exact) mass is 403 g/mol. The van der Waals surface area contributed by atoms with Gasteiger partial charge in [-0.15, -0.1) is 5.10 Å². The molecule has 1 aromatic rings. The van der Waals surface area contributed by atoms with Crippen LogP contribution in [0.1, 0.15) is 45.6 Å². The summed E-state index contributed by atoms with van der Waals surface area (Å²) >= 11 is 5.08. The van der Waals surface area contributed by atoms with Crippen molar-refractivity contribution >= 4 is 44.3 Å². The van der Waals surface area contributed by atoms with Gasteiger partial charge in [-0.05, 0) is 42.7 Å². The number of fused-ring (bicyclic) bond motifs is 2. The Morgan fingerprint density at radius 3 is 2.54 bits per heavy atom. The summed E-state index contributed by atoms with van der Waals surface area (Å²) in [5, 5.41) is 7.43. The third-order valence-electron chi connectivity index (χ3n) is 6.45. The number of nitrogens with zero attached hydrogens (tertiary/aromatic N) is 2. The molecule has 0 saturated heterocycles. The van der Waals surface area contributed by atoms with E-state index in [1.54, 1.807) is 11.8 Å². The van der Waals surface area contributed by atoms with Crippen molar-refractivity contribution in [2.75, 3.05) is 0 Å². The van der Waals surface area contributed by atoms with Crippen molar-refractivity contribution in [3.63, 3.8) is 0 Å². The molecule has 2 atom stereocenters. The minimum absolute atomic E-state index is 0.233. The molecule has 3 aliphatic rings. The summed E-state index contributed by atoms with van der Waals surface area (Å²) in [5.74, 6) is 0.775. The van der Waals surface area contributed by atoms with Gasteiger partial charge in [0.25, 0.3) is 0 Å². The lowest BCUT2D eigenvalue weighted by molar-refractivity contribution is 0.194.